The van der Waals surface area contributed by atoms with Crippen LogP contribution >= 0.6 is 0 Å². The average molecular weight is 869 g/mol. The van der Waals surface area contributed by atoms with Crippen molar-refractivity contribution in [2.45, 2.75) is 170 Å². The highest BCUT2D eigenvalue weighted by molar-refractivity contribution is 5.84. The molecule has 11 unspecified atom stereocenters. The summed E-state index contributed by atoms with van der Waals surface area (Å²) in [6.45, 7) is 20.6. The molecule has 4 N–H and O–H groups in total. The van der Waals surface area contributed by atoms with Crippen LogP contribution in [0.1, 0.15) is 158 Å². The van der Waals surface area contributed by atoms with Crippen molar-refractivity contribution in [3.05, 3.63) is 84.6 Å². The van der Waals surface area contributed by atoms with E-state index < -0.39 is 17.6 Å². The van der Waals surface area contributed by atoms with Crippen molar-refractivity contribution in [1.82, 2.24) is 10.6 Å². The molecule has 11 atom stereocenters. The minimum absolute atomic E-state index is 0.0183. The topological polar surface area (TPSA) is 108 Å². The number of amides is 2. The fourth-order valence-electron chi connectivity index (χ4n) is 13.7. The van der Waals surface area contributed by atoms with Gasteiger partial charge in [0.25, 0.3) is 0 Å². The molecule has 0 spiro atoms. The first-order chi connectivity index (χ1) is 30.1. The van der Waals surface area contributed by atoms with Gasteiger partial charge in [-0.05, 0) is 148 Å². The molecule has 4 saturated carbocycles. The maximum atomic E-state index is 14.5. The van der Waals surface area contributed by atoms with E-state index in [9.17, 15) is 19.8 Å². The van der Waals surface area contributed by atoms with E-state index in [1.807, 2.05) is 0 Å². The summed E-state index contributed by atoms with van der Waals surface area (Å²) in [6, 6.07) is 0. The van der Waals surface area contributed by atoms with E-state index in [0.29, 0.717) is 69.2 Å². The van der Waals surface area contributed by atoms with E-state index in [1.54, 1.807) is 0 Å². The molecule has 0 aromatic rings. The molecular formula is C56H88N2O5. The monoisotopic (exact) mass is 869 g/mol. The van der Waals surface area contributed by atoms with Crippen LogP contribution in [-0.4, -0.2) is 60.5 Å². The molecule has 0 aromatic heterocycles. The van der Waals surface area contributed by atoms with E-state index in [1.165, 1.54) is 5.57 Å². The molecule has 0 radical (unpaired) electrons. The molecule has 4 fully saturated rings. The molecule has 2 amide bonds. The smallest absolute Gasteiger partial charge is 0.226 e. The summed E-state index contributed by atoms with van der Waals surface area (Å²) in [7, 11) is 0. The van der Waals surface area contributed by atoms with Crippen molar-refractivity contribution in [2.24, 2.45) is 56.7 Å². The van der Waals surface area contributed by atoms with E-state index in [4.69, 9.17) is 4.74 Å². The average Bonchev–Trinajstić information content (AvgIpc) is 3.24. The van der Waals surface area contributed by atoms with Crippen molar-refractivity contribution < 1.29 is 24.5 Å². The predicted octanol–water partition coefficient (Wildman–Crippen LogP) is 11.7. The van der Waals surface area contributed by atoms with Crippen LogP contribution < -0.4 is 10.6 Å². The molecule has 63 heavy (non-hydrogen) atoms. The van der Waals surface area contributed by atoms with Crippen molar-refractivity contribution in [1.29, 1.82) is 0 Å². The number of ether oxygens (including phenoxy) is 1. The standard InChI is InChI=1S/C56H88N2O5/c1-9-10-11-12-13-14-15-16-17-18-19-20-21-22-23-24-25-26-27-28-48(60)57-37-39-63-40-38-58-51(62)56-34-31-42(2)43(3)49(56)44-29-30-47-53(6)41-45(59)50(61)52(4,5)46(53)32-33-55(47,8)54(44,7)35-36-56/h10-11,13-14,16-17,19-20,22-23,25-26,29,42-43,45-47,49-50,59,61H,9,12,15,18,21,24,27-28,30-41H2,1-8H3,(H,57,60)(H,58,62). The van der Waals surface area contributed by atoms with Gasteiger partial charge in [-0.2, -0.15) is 0 Å². The number of allylic oxidation sites excluding steroid dienone is 14. The second kappa shape index (κ2) is 22.9. The molecule has 352 valence electrons. The van der Waals surface area contributed by atoms with Gasteiger partial charge in [0.2, 0.25) is 11.8 Å². The summed E-state index contributed by atoms with van der Waals surface area (Å²) in [5.41, 5.74) is 0.769. The second-order valence-corrected chi connectivity index (χ2v) is 21.5. The zero-order chi connectivity index (χ0) is 45.7. The Morgan fingerprint density at radius 2 is 1.30 bits per heavy atom. The minimum atomic E-state index is -0.698. The van der Waals surface area contributed by atoms with Crippen LogP contribution in [0.4, 0.5) is 0 Å². The zero-order valence-corrected chi connectivity index (χ0v) is 40.8. The second-order valence-electron chi connectivity index (χ2n) is 21.5. The fraction of sp³-hybridized carbons (Fsp3) is 0.714. The number of hydrogen-bond donors (Lipinski definition) is 4. The number of aliphatic hydroxyl groups is 2. The fourth-order valence-corrected chi connectivity index (χ4v) is 13.7. The van der Waals surface area contributed by atoms with Crippen LogP contribution in [0.2, 0.25) is 0 Å². The van der Waals surface area contributed by atoms with Gasteiger partial charge < -0.3 is 25.6 Å². The first kappa shape index (κ1) is 51.0. The van der Waals surface area contributed by atoms with Crippen molar-refractivity contribution in [3.63, 3.8) is 0 Å². The summed E-state index contributed by atoms with van der Waals surface area (Å²) < 4.78 is 5.89. The third-order valence-corrected chi connectivity index (χ3v) is 17.6. The van der Waals surface area contributed by atoms with Gasteiger partial charge in [-0.15, -0.1) is 0 Å². The Balaban J connectivity index is 1.01. The van der Waals surface area contributed by atoms with Gasteiger partial charge in [-0.3, -0.25) is 9.59 Å². The van der Waals surface area contributed by atoms with Gasteiger partial charge >= 0.3 is 0 Å². The maximum Gasteiger partial charge on any atom is 0.226 e. The summed E-state index contributed by atoms with van der Waals surface area (Å²) in [6.07, 6.45) is 42.2. The van der Waals surface area contributed by atoms with Crippen LogP contribution in [0.3, 0.4) is 0 Å². The normalized spacial score (nSPS) is 36.5. The molecule has 0 heterocycles. The summed E-state index contributed by atoms with van der Waals surface area (Å²) in [5, 5.41) is 28.7. The molecule has 5 aliphatic carbocycles. The highest BCUT2D eigenvalue weighted by Crippen LogP contribution is 2.75. The lowest BCUT2D eigenvalue weighted by Gasteiger charge is -2.71. The molecule has 0 aromatic carbocycles. The molecule has 7 heteroatoms. The van der Waals surface area contributed by atoms with Gasteiger partial charge in [0.15, 0.2) is 0 Å². The van der Waals surface area contributed by atoms with E-state index in [0.717, 1.165) is 83.5 Å². The molecular weight excluding hydrogens is 781 g/mol. The first-order valence-corrected chi connectivity index (χ1v) is 25.2. The van der Waals surface area contributed by atoms with Gasteiger partial charge in [-0.25, -0.2) is 0 Å². The van der Waals surface area contributed by atoms with Crippen LogP contribution in [0.25, 0.3) is 0 Å². The van der Waals surface area contributed by atoms with Crippen molar-refractivity contribution >= 4 is 11.8 Å². The molecule has 0 bridgehead atoms. The lowest BCUT2D eigenvalue weighted by Crippen LogP contribution is -2.67. The van der Waals surface area contributed by atoms with Crippen molar-refractivity contribution in [2.75, 3.05) is 26.3 Å². The van der Waals surface area contributed by atoms with Gasteiger partial charge in [0.1, 0.15) is 0 Å². The lowest BCUT2D eigenvalue weighted by molar-refractivity contribution is -0.231. The Labute approximate surface area is 383 Å². The molecule has 0 aliphatic heterocycles. The third-order valence-electron chi connectivity index (χ3n) is 17.6. The molecule has 0 saturated heterocycles. The first-order valence-electron chi connectivity index (χ1n) is 25.2. The van der Waals surface area contributed by atoms with Crippen LogP contribution in [0.15, 0.2) is 84.6 Å². The third kappa shape index (κ3) is 11.3. The van der Waals surface area contributed by atoms with Gasteiger partial charge in [0, 0.05) is 19.5 Å². The zero-order valence-electron chi connectivity index (χ0n) is 40.8. The Kier molecular flexibility index (Phi) is 18.6. The quantitative estimate of drug-likeness (QED) is 0.0679. The molecule has 5 rings (SSSR count). The Bertz CT molecular complexity index is 1720. The van der Waals surface area contributed by atoms with Crippen LogP contribution in [-0.2, 0) is 14.3 Å². The number of carbonyl (C=O) groups is 2. The SMILES string of the molecule is CCC=CCC=CCC=CCC=CCC=CCC=CCCC(=O)NCCOCCNC(=O)C12CCC(C)C(C)C1C1=CCC3C4(C)CC(O)C(O)C(C)(C)C4CCC3(C)C1(C)CC2. The molecule has 5 aliphatic rings. The summed E-state index contributed by atoms with van der Waals surface area (Å²) in [4.78, 5) is 26.9. The Morgan fingerprint density at radius 3 is 1.90 bits per heavy atom. The van der Waals surface area contributed by atoms with Gasteiger partial charge in [0.05, 0.1) is 30.8 Å². The number of fused-ring (bicyclic) bond motifs is 7. The Hall–Kier alpha value is -3.00. The van der Waals surface area contributed by atoms with E-state index >= 15 is 0 Å². The number of aliphatic hydroxyl groups excluding tert-OH is 2. The minimum Gasteiger partial charge on any atom is -0.390 e. The van der Waals surface area contributed by atoms with Gasteiger partial charge in [-0.1, -0.05) is 140 Å². The number of hydrogen-bond acceptors (Lipinski definition) is 5. The summed E-state index contributed by atoms with van der Waals surface area (Å²) in [5.74, 6) is 2.17. The van der Waals surface area contributed by atoms with E-state index in [2.05, 4.69) is 145 Å². The maximum absolute atomic E-state index is 14.5. The number of nitrogens with one attached hydrogen (secondary N) is 2. The highest BCUT2D eigenvalue weighted by Gasteiger charge is 2.70. The number of carbonyl (C=O) groups excluding carboxylic acids is 2. The lowest BCUT2D eigenvalue weighted by atomic mass is 9.33. The molecule has 7 nitrogen and oxygen atoms in total. The summed E-state index contributed by atoms with van der Waals surface area (Å²) >= 11 is 0. The van der Waals surface area contributed by atoms with Crippen molar-refractivity contribution in [3.8, 4) is 0 Å². The Morgan fingerprint density at radius 1 is 0.730 bits per heavy atom. The largest absolute Gasteiger partial charge is 0.390 e. The number of rotatable bonds is 21. The highest BCUT2D eigenvalue weighted by atomic mass is 16.5. The predicted molar refractivity (Wildman–Crippen MR) is 261 cm³/mol. The van der Waals surface area contributed by atoms with Crippen LogP contribution in [0.5, 0.6) is 0 Å². The van der Waals surface area contributed by atoms with E-state index in [-0.39, 0.29) is 39.4 Å². The van der Waals surface area contributed by atoms with Crippen LogP contribution in [0, 0.1) is 56.7 Å².